The van der Waals surface area contributed by atoms with Gasteiger partial charge in [0.15, 0.2) is 5.96 Å². The molecule has 0 bridgehead atoms. The lowest BCUT2D eigenvalue weighted by Gasteiger charge is -2.11. The molecule has 6 heteroatoms. The highest BCUT2D eigenvalue weighted by atomic mass is 16.5. The maximum absolute atomic E-state index is 11.3. The minimum absolute atomic E-state index is 0.332. The molecule has 0 unspecified atom stereocenters. The Labute approximate surface area is 119 Å². The van der Waals surface area contributed by atoms with E-state index in [0.29, 0.717) is 31.2 Å². The van der Waals surface area contributed by atoms with Crippen LogP contribution in [0.3, 0.4) is 0 Å². The van der Waals surface area contributed by atoms with Crippen molar-refractivity contribution in [3.05, 3.63) is 35.4 Å². The molecular formula is C14H21N3O3. The van der Waals surface area contributed by atoms with Gasteiger partial charge in [0.05, 0.1) is 19.3 Å². The number of ether oxygens (including phenoxy) is 2. The largest absolute Gasteiger partial charge is 0.465 e. The van der Waals surface area contributed by atoms with Gasteiger partial charge in [-0.2, -0.15) is 0 Å². The Hall–Kier alpha value is -2.08. The van der Waals surface area contributed by atoms with Crippen LogP contribution in [0, 0.1) is 0 Å². The zero-order chi connectivity index (χ0) is 14.8. The number of aliphatic imine (C=N–C) groups is 1. The first kappa shape index (κ1) is 16.0. The SMILES string of the molecule is CN=C(NCCOC)NCc1ccc(C(=O)OC)cc1. The zero-order valence-corrected chi connectivity index (χ0v) is 12.1. The van der Waals surface area contributed by atoms with Gasteiger partial charge in [-0.3, -0.25) is 4.99 Å². The molecule has 0 radical (unpaired) electrons. The van der Waals surface area contributed by atoms with Crippen LogP contribution in [-0.4, -0.2) is 46.3 Å². The molecule has 0 aliphatic rings. The van der Waals surface area contributed by atoms with Gasteiger partial charge >= 0.3 is 5.97 Å². The van der Waals surface area contributed by atoms with E-state index in [1.807, 2.05) is 12.1 Å². The first-order valence-electron chi connectivity index (χ1n) is 6.32. The van der Waals surface area contributed by atoms with Crippen molar-refractivity contribution in [3.8, 4) is 0 Å². The Balaban J connectivity index is 2.46. The van der Waals surface area contributed by atoms with Gasteiger partial charge in [-0.1, -0.05) is 12.1 Å². The predicted octanol–water partition coefficient (Wildman–Crippen LogP) is 0.785. The van der Waals surface area contributed by atoms with E-state index in [1.165, 1.54) is 7.11 Å². The number of nitrogens with zero attached hydrogens (tertiary/aromatic N) is 1. The highest BCUT2D eigenvalue weighted by molar-refractivity contribution is 5.89. The predicted molar refractivity (Wildman–Crippen MR) is 77.9 cm³/mol. The van der Waals surface area contributed by atoms with Crippen molar-refractivity contribution in [1.29, 1.82) is 0 Å². The standard InChI is InChI=1S/C14H21N3O3/c1-15-14(16-8-9-19-2)17-10-11-4-6-12(7-5-11)13(18)20-3/h4-7H,8-10H2,1-3H3,(H2,15,16,17). The molecule has 0 aliphatic heterocycles. The molecule has 6 nitrogen and oxygen atoms in total. The van der Waals surface area contributed by atoms with E-state index in [4.69, 9.17) is 4.74 Å². The molecule has 20 heavy (non-hydrogen) atoms. The minimum Gasteiger partial charge on any atom is -0.465 e. The second kappa shape index (κ2) is 8.92. The maximum atomic E-state index is 11.3. The average Bonchev–Trinajstić information content (AvgIpc) is 2.50. The Morgan fingerprint density at radius 1 is 1.20 bits per heavy atom. The van der Waals surface area contributed by atoms with Gasteiger partial charge in [0.2, 0.25) is 0 Å². The van der Waals surface area contributed by atoms with Crippen LogP contribution in [0.2, 0.25) is 0 Å². The molecular weight excluding hydrogens is 258 g/mol. The fourth-order valence-electron chi connectivity index (χ4n) is 1.55. The molecule has 1 rings (SSSR count). The normalized spacial score (nSPS) is 11.1. The van der Waals surface area contributed by atoms with Crippen molar-refractivity contribution >= 4 is 11.9 Å². The summed E-state index contributed by atoms with van der Waals surface area (Å²) in [6.45, 7) is 1.93. The van der Waals surface area contributed by atoms with Crippen LogP contribution in [0.4, 0.5) is 0 Å². The highest BCUT2D eigenvalue weighted by Gasteiger charge is 2.04. The Morgan fingerprint density at radius 2 is 1.90 bits per heavy atom. The summed E-state index contributed by atoms with van der Waals surface area (Å²) in [4.78, 5) is 15.4. The molecule has 0 heterocycles. The van der Waals surface area contributed by atoms with Crippen molar-refractivity contribution in [2.75, 3.05) is 34.4 Å². The fraction of sp³-hybridized carbons (Fsp3) is 0.429. The molecule has 0 fully saturated rings. The lowest BCUT2D eigenvalue weighted by Crippen LogP contribution is -2.38. The number of benzene rings is 1. The van der Waals surface area contributed by atoms with E-state index < -0.39 is 0 Å². The van der Waals surface area contributed by atoms with Crippen molar-refractivity contribution in [2.24, 2.45) is 4.99 Å². The first-order valence-corrected chi connectivity index (χ1v) is 6.32. The number of carbonyl (C=O) groups is 1. The minimum atomic E-state index is -0.332. The quantitative estimate of drug-likeness (QED) is 0.348. The topological polar surface area (TPSA) is 72.0 Å². The van der Waals surface area contributed by atoms with Crippen LogP contribution in [0.25, 0.3) is 0 Å². The van der Waals surface area contributed by atoms with Gasteiger partial charge in [0.1, 0.15) is 0 Å². The zero-order valence-electron chi connectivity index (χ0n) is 12.1. The van der Waals surface area contributed by atoms with E-state index in [9.17, 15) is 4.79 Å². The number of methoxy groups -OCH3 is 2. The summed E-state index contributed by atoms with van der Waals surface area (Å²) >= 11 is 0. The number of hydrogen-bond acceptors (Lipinski definition) is 4. The lowest BCUT2D eigenvalue weighted by molar-refractivity contribution is 0.0600. The second-order valence-corrected chi connectivity index (χ2v) is 4.03. The van der Waals surface area contributed by atoms with Crippen LogP contribution in [-0.2, 0) is 16.0 Å². The van der Waals surface area contributed by atoms with Gasteiger partial charge < -0.3 is 20.1 Å². The number of nitrogens with one attached hydrogen (secondary N) is 2. The Morgan fingerprint density at radius 3 is 2.45 bits per heavy atom. The molecule has 0 atom stereocenters. The summed E-state index contributed by atoms with van der Waals surface area (Å²) in [5.74, 6) is 0.376. The molecule has 1 aromatic carbocycles. The summed E-state index contributed by atoms with van der Waals surface area (Å²) in [6, 6.07) is 7.23. The first-order chi connectivity index (χ1) is 9.71. The summed E-state index contributed by atoms with van der Waals surface area (Å²) in [5, 5.41) is 6.29. The van der Waals surface area contributed by atoms with Crippen molar-refractivity contribution in [2.45, 2.75) is 6.54 Å². The maximum Gasteiger partial charge on any atom is 0.337 e. The van der Waals surface area contributed by atoms with E-state index >= 15 is 0 Å². The molecule has 110 valence electrons. The van der Waals surface area contributed by atoms with Crippen molar-refractivity contribution in [3.63, 3.8) is 0 Å². The monoisotopic (exact) mass is 279 g/mol. The number of rotatable bonds is 6. The van der Waals surface area contributed by atoms with Crippen LogP contribution in [0.1, 0.15) is 15.9 Å². The van der Waals surface area contributed by atoms with Crippen molar-refractivity contribution < 1.29 is 14.3 Å². The molecule has 0 saturated heterocycles. The highest BCUT2D eigenvalue weighted by Crippen LogP contribution is 2.05. The number of hydrogen-bond donors (Lipinski definition) is 2. The number of esters is 1. The smallest absolute Gasteiger partial charge is 0.337 e. The Kier molecular flexibility index (Phi) is 7.13. The summed E-state index contributed by atoms with van der Waals surface area (Å²) in [6.07, 6.45) is 0. The van der Waals surface area contributed by atoms with Crippen LogP contribution >= 0.6 is 0 Å². The van der Waals surface area contributed by atoms with Crippen LogP contribution in [0.15, 0.2) is 29.3 Å². The number of guanidine groups is 1. The molecule has 0 saturated carbocycles. The summed E-state index contributed by atoms with van der Waals surface area (Å²) in [7, 11) is 4.73. The molecule has 0 aromatic heterocycles. The van der Waals surface area contributed by atoms with Gasteiger partial charge in [-0.05, 0) is 17.7 Å². The van der Waals surface area contributed by atoms with E-state index in [0.717, 1.165) is 5.56 Å². The average molecular weight is 279 g/mol. The van der Waals surface area contributed by atoms with E-state index in [2.05, 4.69) is 20.4 Å². The van der Waals surface area contributed by atoms with Gasteiger partial charge in [0.25, 0.3) is 0 Å². The summed E-state index contributed by atoms with van der Waals surface area (Å²) in [5.41, 5.74) is 1.59. The van der Waals surface area contributed by atoms with Gasteiger partial charge in [-0.15, -0.1) is 0 Å². The molecule has 0 aliphatic carbocycles. The Bertz CT molecular complexity index is 443. The molecule has 1 aromatic rings. The number of carbonyl (C=O) groups excluding carboxylic acids is 1. The second-order valence-electron chi connectivity index (χ2n) is 4.03. The van der Waals surface area contributed by atoms with E-state index in [1.54, 1.807) is 26.3 Å². The van der Waals surface area contributed by atoms with Gasteiger partial charge in [-0.25, -0.2) is 4.79 Å². The van der Waals surface area contributed by atoms with Crippen molar-refractivity contribution in [1.82, 2.24) is 10.6 Å². The third-order valence-corrected chi connectivity index (χ3v) is 2.66. The van der Waals surface area contributed by atoms with E-state index in [-0.39, 0.29) is 5.97 Å². The van der Waals surface area contributed by atoms with Crippen LogP contribution in [0.5, 0.6) is 0 Å². The molecule has 2 N–H and O–H groups in total. The third kappa shape index (κ3) is 5.27. The lowest BCUT2D eigenvalue weighted by atomic mass is 10.1. The fourth-order valence-corrected chi connectivity index (χ4v) is 1.55. The van der Waals surface area contributed by atoms with Gasteiger partial charge in [0, 0.05) is 27.2 Å². The van der Waals surface area contributed by atoms with Crippen LogP contribution < -0.4 is 10.6 Å². The molecule has 0 amide bonds. The molecule has 0 spiro atoms. The summed E-state index contributed by atoms with van der Waals surface area (Å²) < 4.78 is 9.61. The third-order valence-electron chi connectivity index (χ3n) is 2.66.